The lowest BCUT2D eigenvalue weighted by molar-refractivity contribution is 0.0954. The van der Waals surface area contributed by atoms with E-state index in [2.05, 4.69) is 36.4 Å². The van der Waals surface area contributed by atoms with E-state index in [-0.39, 0.29) is 16.7 Å². The second kappa shape index (κ2) is 5.79. The van der Waals surface area contributed by atoms with Gasteiger partial charge in [-0.15, -0.1) is 0 Å². The van der Waals surface area contributed by atoms with Gasteiger partial charge in [0.2, 0.25) is 0 Å². The Morgan fingerprint density at radius 3 is 2.50 bits per heavy atom. The number of carbonyl (C=O) groups excluding carboxylic acids is 1. The molecule has 1 amide bonds. The molecule has 136 valence electrons. The van der Waals surface area contributed by atoms with Crippen molar-refractivity contribution in [2.24, 2.45) is 21.8 Å². The molecule has 1 aromatic heterocycles. The molecule has 1 heterocycles. The number of fused-ring (bicyclic) bond motifs is 2. The van der Waals surface area contributed by atoms with E-state index in [1.807, 2.05) is 41.9 Å². The van der Waals surface area contributed by atoms with Gasteiger partial charge in [0.15, 0.2) is 0 Å². The molecule has 2 bridgehead atoms. The first-order valence-corrected chi connectivity index (χ1v) is 9.31. The Balaban J connectivity index is 1.49. The van der Waals surface area contributed by atoms with E-state index in [4.69, 9.17) is 0 Å². The number of nitrogens with zero attached hydrogens (tertiary/aromatic N) is 3. The maximum atomic E-state index is 12.5. The van der Waals surface area contributed by atoms with Crippen LogP contribution in [0.2, 0.25) is 0 Å². The van der Waals surface area contributed by atoms with Crippen molar-refractivity contribution in [3.05, 3.63) is 47.8 Å². The molecule has 26 heavy (non-hydrogen) atoms. The Morgan fingerprint density at radius 1 is 1.23 bits per heavy atom. The predicted octanol–water partition coefficient (Wildman–Crippen LogP) is 4.11. The molecule has 0 saturated heterocycles. The van der Waals surface area contributed by atoms with Gasteiger partial charge < -0.3 is 0 Å². The van der Waals surface area contributed by atoms with Gasteiger partial charge in [-0.2, -0.15) is 10.2 Å². The number of nitrogens with one attached hydrogen (secondary N) is 1. The summed E-state index contributed by atoms with van der Waals surface area (Å²) in [6, 6.07) is 9.40. The summed E-state index contributed by atoms with van der Waals surface area (Å²) >= 11 is 0. The Bertz CT molecular complexity index is 878. The zero-order chi connectivity index (χ0) is 18.5. The third-order valence-corrected chi connectivity index (χ3v) is 7.01. The minimum absolute atomic E-state index is 0.104. The quantitative estimate of drug-likeness (QED) is 0.847. The summed E-state index contributed by atoms with van der Waals surface area (Å²) in [6.45, 7) is 8.98. The van der Waals surface area contributed by atoms with Crippen LogP contribution in [0.25, 0.3) is 5.69 Å². The van der Waals surface area contributed by atoms with Crippen molar-refractivity contribution in [3.63, 3.8) is 0 Å². The molecule has 2 fully saturated rings. The van der Waals surface area contributed by atoms with E-state index in [1.54, 1.807) is 6.20 Å². The van der Waals surface area contributed by atoms with E-state index in [0.717, 1.165) is 29.9 Å². The summed E-state index contributed by atoms with van der Waals surface area (Å²) in [5.74, 6) is 0.519. The van der Waals surface area contributed by atoms with Crippen molar-refractivity contribution in [3.8, 4) is 5.69 Å². The third-order valence-electron chi connectivity index (χ3n) is 7.01. The normalized spacial score (nSPS) is 27.8. The van der Waals surface area contributed by atoms with E-state index in [1.165, 1.54) is 6.42 Å². The number of hydrogen-bond donors (Lipinski definition) is 1. The number of hydrogen-bond acceptors (Lipinski definition) is 3. The summed E-state index contributed by atoms with van der Waals surface area (Å²) in [7, 11) is 0. The monoisotopic (exact) mass is 350 g/mol. The first-order valence-electron chi connectivity index (χ1n) is 9.31. The number of hydrazone groups is 1. The highest BCUT2D eigenvalue weighted by molar-refractivity contribution is 5.98. The molecule has 2 aromatic rings. The van der Waals surface area contributed by atoms with Gasteiger partial charge in [-0.05, 0) is 67.9 Å². The van der Waals surface area contributed by atoms with Crippen LogP contribution in [-0.4, -0.2) is 21.4 Å². The molecule has 2 aliphatic carbocycles. The van der Waals surface area contributed by atoms with Gasteiger partial charge in [0.1, 0.15) is 0 Å². The maximum absolute atomic E-state index is 12.5. The lowest BCUT2D eigenvalue weighted by Gasteiger charge is -2.34. The summed E-state index contributed by atoms with van der Waals surface area (Å²) < 4.78 is 1.85. The van der Waals surface area contributed by atoms with Crippen LogP contribution in [0, 0.1) is 23.7 Å². The summed E-state index contributed by atoms with van der Waals surface area (Å²) in [5, 5.41) is 8.82. The first kappa shape index (κ1) is 17.0. The van der Waals surface area contributed by atoms with Crippen molar-refractivity contribution in [1.29, 1.82) is 0 Å². The van der Waals surface area contributed by atoms with Gasteiger partial charge in [-0.25, -0.2) is 10.1 Å². The highest BCUT2D eigenvalue weighted by atomic mass is 16.2. The van der Waals surface area contributed by atoms with E-state index in [9.17, 15) is 4.79 Å². The van der Waals surface area contributed by atoms with E-state index in [0.29, 0.717) is 11.5 Å². The first-order chi connectivity index (χ1) is 12.3. The number of aromatic nitrogens is 2. The molecule has 0 spiro atoms. The molecule has 4 rings (SSSR count). The lowest BCUT2D eigenvalue weighted by Crippen LogP contribution is -2.34. The SMILES string of the molecule is Cc1ccnn1-c1ccc(C(=O)N/N=C2/C[C@@H]3CC[C@@]2(C)C3(C)C)cc1. The van der Waals surface area contributed by atoms with Gasteiger partial charge in [0, 0.05) is 28.6 Å². The number of rotatable bonds is 3. The Kier molecular flexibility index (Phi) is 3.79. The molecule has 1 aromatic carbocycles. The highest BCUT2D eigenvalue weighted by Gasteiger charge is 2.60. The zero-order valence-electron chi connectivity index (χ0n) is 15.9. The Labute approximate surface area is 154 Å². The second-order valence-electron chi connectivity index (χ2n) is 8.42. The van der Waals surface area contributed by atoms with Crippen molar-refractivity contribution in [2.45, 2.75) is 47.0 Å². The number of benzene rings is 1. The summed E-state index contributed by atoms with van der Waals surface area (Å²) in [4.78, 5) is 12.5. The van der Waals surface area contributed by atoms with Crippen LogP contribution >= 0.6 is 0 Å². The molecule has 2 saturated carbocycles. The van der Waals surface area contributed by atoms with Crippen LogP contribution in [0.15, 0.2) is 41.6 Å². The van der Waals surface area contributed by atoms with Gasteiger partial charge in [-0.3, -0.25) is 4.79 Å². The van der Waals surface area contributed by atoms with Crippen LogP contribution in [0.1, 0.15) is 56.1 Å². The molecular formula is C21H26N4O. The van der Waals surface area contributed by atoms with Crippen LogP contribution in [0.3, 0.4) is 0 Å². The second-order valence-corrected chi connectivity index (χ2v) is 8.42. The van der Waals surface area contributed by atoms with Crippen molar-refractivity contribution < 1.29 is 4.79 Å². The Morgan fingerprint density at radius 2 is 1.96 bits per heavy atom. The van der Waals surface area contributed by atoms with E-state index >= 15 is 0 Å². The van der Waals surface area contributed by atoms with Crippen LogP contribution in [0.4, 0.5) is 0 Å². The third kappa shape index (κ3) is 2.41. The van der Waals surface area contributed by atoms with Crippen LogP contribution < -0.4 is 5.43 Å². The maximum Gasteiger partial charge on any atom is 0.271 e. The van der Waals surface area contributed by atoms with Crippen molar-refractivity contribution in [1.82, 2.24) is 15.2 Å². The van der Waals surface area contributed by atoms with Gasteiger partial charge >= 0.3 is 0 Å². The zero-order valence-corrected chi connectivity index (χ0v) is 15.9. The molecule has 0 unspecified atom stereocenters. The van der Waals surface area contributed by atoms with Crippen LogP contribution in [-0.2, 0) is 0 Å². The molecule has 0 aliphatic heterocycles. The van der Waals surface area contributed by atoms with Crippen LogP contribution in [0.5, 0.6) is 0 Å². The average molecular weight is 350 g/mol. The average Bonchev–Trinajstić information content (AvgIpc) is 3.20. The number of aryl methyl sites for hydroxylation is 1. The fraction of sp³-hybridized carbons (Fsp3) is 0.476. The smallest absolute Gasteiger partial charge is 0.267 e. The highest BCUT2D eigenvalue weighted by Crippen LogP contribution is 2.63. The molecule has 1 N–H and O–H groups in total. The molecule has 2 atom stereocenters. The molecule has 5 nitrogen and oxygen atoms in total. The molecule has 0 radical (unpaired) electrons. The standard InChI is InChI=1S/C21H26N4O/c1-14-10-12-22-25(14)17-7-5-15(6-8-17)19(26)24-23-18-13-16-9-11-21(18,4)20(16,2)3/h5-8,10,12,16H,9,11,13H2,1-4H3,(H,24,26)/b23-18-/t16-,21+/m0/s1. The predicted molar refractivity (Wildman–Crippen MR) is 102 cm³/mol. The van der Waals surface area contributed by atoms with Gasteiger partial charge in [0.25, 0.3) is 5.91 Å². The topological polar surface area (TPSA) is 59.3 Å². The van der Waals surface area contributed by atoms with Gasteiger partial charge in [0.05, 0.1) is 5.69 Å². The fourth-order valence-electron chi connectivity index (χ4n) is 4.67. The number of amides is 1. The lowest BCUT2D eigenvalue weighted by atomic mass is 9.70. The van der Waals surface area contributed by atoms with E-state index < -0.39 is 0 Å². The van der Waals surface area contributed by atoms with Crippen molar-refractivity contribution >= 4 is 11.6 Å². The summed E-state index contributed by atoms with van der Waals surface area (Å²) in [5.41, 5.74) is 6.90. The molecular weight excluding hydrogens is 324 g/mol. The molecule has 5 heteroatoms. The Hall–Kier alpha value is -2.43. The molecule has 2 aliphatic rings. The fourth-order valence-corrected chi connectivity index (χ4v) is 4.67. The summed E-state index contributed by atoms with van der Waals surface area (Å²) in [6.07, 6.45) is 5.20. The minimum atomic E-state index is -0.162. The van der Waals surface area contributed by atoms with Crippen molar-refractivity contribution in [2.75, 3.05) is 0 Å². The van der Waals surface area contributed by atoms with Gasteiger partial charge in [-0.1, -0.05) is 20.8 Å². The number of carbonyl (C=O) groups is 1. The minimum Gasteiger partial charge on any atom is -0.267 e. The largest absolute Gasteiger partial charge is 0.271 e.